The monoisotopic (exact) mass is 350 g/mol. The van der Waals surface area contributed by atoms with Gasteiger partial charge in [0.1, 0.15) is 0 Å². The van der Waals surface area contributed by atoms with Crippen LogP contribution in [0.15, 0.2) is 18.2 Å². The van der Waals surface area contributed by atoms with Gasteiger partial charge in [0.05, 0.1) is 6.10 Å². The zero-order valence-corrected chi connectivity index (χ0v) is 15.7. The molecule has 0 N–H and O–H groups in total. The van der Waals surface area contributed by atoms with Crippen LogP contribution in [0.5, 0.6) is 0 Å². The topological polar surface area (TPSA) is 32.8 Å². The minimum atomic E-state index is 0.133. The first kappa shape index (κ1) is 17.7. The zero-order valence-electron chi connectivity index (χ0n) is 15.0. The molecule has 0 unspecified atom stereocenters. The van der Waals surface area contributed by atoms with Gasteiger partial charge in [0, 0.05) is 36.8 Å². The lowest BCUT2D eigenvalue weighted by molar-refractivity contribution is -0.0209. The predicted molar refractivity (Wildman–Crippen MR) is 96.6 cm³/mol. The summed E-state index contributed by atoms with van der Waals surface area (Å²) in [6.07, 6.45) is 2.39. The molecule has 1 aliphatic carbocycles. The van der Waals surface area contributed by atoms with E-state index in [1.165, 1.54) is 0 Å². The molecule has 132 valence electrons. The van der Waals surface area contributed by atoms with Crippen LogP contribution in [0.3, 0.4) is 0 Å². The number of aryl methyl sites for hydroxylation is 1. The summed E-state index contributed by atoms with van der Waals surface area (Å²) in [4.78, 5) is 17.2. The number of hydrogen-bond acceptors (Lipinski definition) is 3. The Balaban J connectivity index is 1.74. The lowest BCUT2D eigenvalue weighted by Gasteiger charge is -2.40. The van der Waals surface area contributed by atoms with Crippen LogP contribution in [0.2, 0.25) is 5.02 Å². The fourth-order valence-electron chi connectivity index (χ4n) is 4.39. The zero-order chi connectivity index (χ0) is 17.4. The van der Waals surface area contributed by atoms with Gasteiger partial charge in [-0.1, -0.05) is 11.6 Å². The number of halogens is 1. The average Bonchev–Trinajstić information content (AvgIpc) is 2.95. The molecule has 1 saturated heterocycles. The summed E-state index contributed by atoms with van der Waals surface area (Å²) in [6, 6.07) is 5.95. The minimum Gasteiger partial charge on any atom is -0.380 e. The number of nitrogens with zero attached hydrogens (tertiary/aromatic N) is 2. The van der Waals surface area contributed by atoms with Crippen LogP contribution in [0.4, 0.5) is 0 Å². The van der Waals surface area contributed by atoms with Gasteiger partial charge >= 0.3 is 0 Å². The Morgan fingerprint density at radius 3 is 2.50 bits per heavy atom. The molecule has 1 heterocycles. The van der Waals surface area contributed by atoms with Crippen molar-refractivity contribution < 1.29 is 9.53 Å². The Hall–Kier alpha value is -1.10. The standard InChI is InChI=1S/C19H27ClN2O2/c1-12-7-15(20)5-6-16(12)19(23)22-10-13-8-17(21(2)3)18(24-4)9-14(13)11-22/h5-7,13-14,17-18H,8-11H2,1-4H3/t13-,14+,17-,18-/m1/s1. The molecule has 4 nitrogen and oxygen atoms in total. The highest BCUT2D eigenvalue weighted by molar-refractivity contribution is 6.30. The van der Waals surface area contributed by atoms with Crippen molar-refractivity contribution in [1.82, 2.24) is 9.80 Å². The molecule has 1 amide bonds. The van der Waals surface area contributed by atoms with Crippen LogP contribution in [0.1, 0.15) is 28.8 Å². The van der Waals surface area contributed by atoms with E-state index in [4.69, 9.17) is 16.3 Å². The van der Waals surface area contributed by atoms with Gasteiger partial charge < -0.3 is 14.5 Å². The van der Waals surface area contributed by atoms with Crippen molar-refractivity contribution in [3.63, 3.8) is 0 Å². The van der Waals surface area contributed by atoms with Crippen LogP contribution < -0.4 is 0 Å². The first-order valence-corrected chi connectivity index (χ1v) is 9.03. The van der Waals surface area contributed by atoms with Crippen LogP contribution >= 0.6 is 11.6 Å². The van der Waals surface area contributed by atoms with E-state index in [-0.39, 0.29) is 12.0 Å². The number of ether oxygens (including phenoxy) is 1. The van der Waals surface area contributed by atoms with Crippen LogP contribution in [-0.4, -0.2) is 62.1 Å². The maximum absolute atomic E-state index is 12.9. The molecule has 5 heteroatoms. The molecule has 1 saturated carbocycles. The van der Waals surface area contributed by atoms with Crippen molar-refractivity contribution in [3.8, 4) is 0 Å². The number of carbonyl (C=O) groups is 1. The third kappa shape index (κ3) is 3.32. The molecule has 2 fully saturated rings. The largest absolute Gasteiger partial charge is 0.380 e. The second-order valence-electron chi connectivity index (χ2n) is 7.47. The highest BCUT2D eigenvalue weighted by atomic mass is 35.5. The molecule has 3 rings (SSSR count). The van der Waals surface area contributed by atoms with Gasteiger partial charge in [0.2, 0.25) is 0 Å². The number of hydrogen-bond donors (Lipinski definition) is 0. The number of methoxy groups -OCH3 is 1. The molecule has 1 aromatic rings. The molecule has 4 atom stereocenters. The smallest absolute Gasteiger partial charge is 0.254 e. The molecule has 1 aromatic carbocycles. The molecule has 0 radical (unpaired) electrons. The van der Waals surface area contributed by atoms with Gasteiger partial charge in [-0.05, 0) is 69.5 Å². The van der Waals surface area contributed by atoms with Gasteiger partial charge in [0.25, 0.3) is 5.91 Å². The first-order chi connectivity index (χ1) is 11.4. The maximum Gasteiger partial charge on any atom is 0.254 e. The van der Waals surface area contributed by atoms with E-state index >= 15 is 0 Å². The quantitative estimate of drug-likeness (QED) is 0.839. The number of rotatable bonds is 3. The number of fused-ring (bicyclic) bond motifs is 1. The molecule has 0 bridgehead atoms. The number of amides is 1. The number of likely N-dealkylation sites (N-methyl/N-ethyl adjacent to an activating group) is 1. The third-order valence-electron chi connectivity index (χ3n) is 5.76. The first-order valence-electron chi connectivity index (χ1n) is 8.65. The lowest BCUT2D eigenvalue weighted by Crippen LogP contribution is -2.47. The number of likely N-dealkylation sites (tertiary alicyclic amines) is 1. The van der Waals surface area contributed by atoms with Crippen molar-refractivity contribution in [2.24, 2.45) is 11.8 Å². The Kier molecular flexibility index (Phi) is 5.19. The maximum atomic E-state index is 12.9. The molecule has 0 aromatic heterocycles. The van der Waals surface area contributed by atoms with E-state index in [0.717, 1.165) is 37.1 Å². The summed E-state index contributed by atoms with van der Waals surface area (Å²) in [5, 5.41) is 0.677. The van der Waals surface area contributed by atoms with Gasteiger partial charge in [0.15, 0.2) is 0 Å². The Labute approximate surface area is 149 Å². The second kappa shape index (κ2) is 7.03. The van der Waals surface area contributed by atoms with E-state index in [2.05, 4.69) is 19.0 Å². The van der Waals surface area contributed by atoms with E-state index < -0.39 is 0 Å². The molecule has 1 aliphatic heterocycles. The third-order valence-corrected chi connectivity index (χ3v) is 5.99. The summed E-state index contributed by atoms with van der Waals surface area (Å²) < 4.78 is 5.73. The molecular weight excluding hydrogens is 324 g/mol. The summed E-state index contributed by atoms with van der Waals surface area (Å²) in [5.74, 6) is 1.25. The highest BCUT2D eigenvalue weighted by Crippen LogP contribution is 2.39. The lowest BCUT2D eigenvalue weighted by atomic mass is 9.77. The number of benzene rings is 1. The van der Waals surface area contributed by atoms with Crippen LogP contribution in [0.25, 0.3) is 0 Å². The Morgan fingerprint density at radius 2 is 1.92 bits per heavy atom. The summed E-state index contributed by atoms with van der Waals surface area (Å²) in [6.45, 7) is 3.64. The highest BCUT2D eigenvalue weighted by Gasteiger charge is 2.44. The summed E-state index contributed by atoms with van der Waals surface area (Å²) in [5.41, 5.74) is 1.72. The van der Waals surface area contributed by atoms with Gasteiger partial charge in [-0.25, -0.2) is 0 Å². The SMILES string of the molecule is CO[C@@H]1C[C@H]2CN(C(=O)c3ccc(Cl)cc3C)C[C@H]2C[C@H]1N(C)C. The molecule has 2 aliphatic rings. The normalized spacial score (nSPS) is 29.8. The summed E-state index contributed by atoms with van der Waals surface area (Å²) >= 11 is 6.02. The summed E-state index contributed by atoms with van der Waals surface area (Å²) in [7, 11) is 6.04. The fraction of sp³-hybridized carbons (Fsp3) is 0.632. The van der Waals surface area contributed by atoms with Gasteiger partial charge in [-0.15, -0.1) is 0 Å². The molecule has 24 heavy (non-hydrogen) atoms. The average molecular weight is 351 g/mol. The van der Waals surface area contributed by atoms with Gasteiger partial charge in [-0.2, -0.15) is 0 Å². The van der Waals surface area contributed by atoms with E-state index in [1.807, 2.05) is 24.0 Å². The van der Waals surface area contributed by atoms with Crippen LogP contribution in [0, 0.1) is 18.8 Å². The van der Waals surface area contributed by atoms with Crippen molar-refractivity contribution in [3.05, 3.63) is 34.3 Å². The van der Waals surface area contributed by atoms with Crippen molar-refractivity contribution >= 4 is 17.5 Å². The van der Waals surface area contributed by atoms with Crippen molar-refractivity contribution in [2.75, 3.05) is 34.3 Å². The van der Waals surface area contributed by atoms with Crippen molar-refractivity contribution in [2.45, 2.75) is 31.9 Å². The van der Waals surface area contributed by atoms with Crippen molar-refractivity contribution in [1.29, 1.82) is 0 Å². The minimum absolute atomic E-state index is 0.133. The van der Waals surface area contributed by atoms with Crippen LogP contribution in [-0.2, 0) is 4.74 Å². The predicted octanol–water partition coefficient (Wildman–Crippen LogP) is 3.08. The fourth-order valence-corrected chi connectivity index (χ4v) is 4.62. The van der Waals surface area contributed by atoms with Gasteiger partial charge in [-0.3, -0.25) is 4.79 Å². The van der Waals surface area contributed by atoms with E-state index in [9.17, 15) is 4.79 Å². The molecular formula is C19H27ClN2O2. The Morgan fingerprint density at radius 1 is 1.25 bits per heavy atom. The van der Waals surface area contributed by atoms with E-state index in [1.54, 1.807) is 13.2 Å². The number of carbonyl (C=O) groups excluding carboxylic acids is 1. The Bertz CT molecular complexity index is 619. The molecule has 0 spiro atoms. The second-order valence-corrected chi connectivity index (χ2v) is 7.90. The van der Waals surface area contributed by atoms with E-state index in [0.29, 0.717) is 22.9 Å².